The van der Waals surface area contributed by atoms with Gasteiger partial charge in [-0.2, -0.15) is 14.9 Å². The molecule has 0 radical (unpaired) electrons. The van der Waals surface area contributed by atoms with Crippen LogP contribution in [0.25, 0.3) is 11.4 Å². The summed E-state index contributed by atoms with van der Waals surface area (Å²) < 4.78 is 29.7. The fourth-order valence-corrected chi connectivity index (χ4v) is 3.20. The first-order valence-corrected chi connectivity index (χ1v) is 9.41. The Morgan fingerprint density at radius 2 is 1.87 bits per heavy atom. The van der Waals surface area contributed by atoms with E-state index in [-0.39, 0.29) is 16.8 Å². The average Bonchev–Trinajstić information content (AvgIpc) is 3.27. The lowest BCUT2D eigenvalue weighted by molar-refractivity contribution is 0.570. The predicted octanol–water partition coefficient (Wildman–Crippen LogP) is 4.52. The van der Waals surface area contributed by atoms with E-state index in [1.165, 1.54) is 6.20 Å². The van der Waals surface area contributed by atoms with Gasteiger partial charge < -0.3 is 5.32 Å². The lowest BCUT2D eigenvalue weighted by Gasteiger charge is -2.17. The minimum absolute atomic E-state index is 0.145. The smallest absolute Gasteiger partial charge is 0.292 e. The number of rotatable bonds is 5. The van der Waals surface area contributed by atoms with Gasteiger partial charge in [0.25, 0.3) is 5.56 Å². The molecule has 2 heterocycles. The summed E-state index contributed by atoms with van der Waals surface area (Å²) in [6, 6.07) is 12.2. The second-order valence-electron chi connectivity index (χ2n) is 6.59. The number of aromatic nitrogens is 4. The van der Waals surface area contributed by atoms with E-state index in [0.717, 1.165) is 28.1 Å². The van der Waals surface area contributed by atoms with Crippen LogP contribution in [0.2, 0.25) is 5.02 Å². The van der Waals surface area contributed by atoms with Crippen molar-refractivity contribution in [3.8, 4) is 11.4 Å². The number of hydrogen-bond acceptors (Lipinski definition) is 4. The molecule has 9 heteroatoms. The molecular weight excluding hydrogens is 412 g/mol. The van der Waals surface area contributed by atoms with Crippen molar-refractivity contribution in [2.24, 2.45) is 0 Å². The number of nitrogens with one attached hydrogen (secondary N) is 1. The molecule has 0 bridgehead atoms. The number of benzene rings is 2. The topological polar surface area (TPSA) is 64.7 Å². The fourth-order valence-electron chi connectivity index (χ4n) is 3.01. The lowest BCUT2D eigenvalue weighted by Crippen LogP contribution is -2.24. The largest absolute Gasteiger partial charge is 0.376 e. The van der Waals surface area contributed by atoms with E-state index in [1.807, 2.05) is 43.5 Å². The Morgan fingerprint density at radius 3 is 2.53 bits per heavy atom. The molecule has 4 rings (SSSR count). The molecule has 152 valence electrons. The van der Waals surface area contributed by atoms with E-state index >= 15 is 0 Å². The summed E-state index contributed by atoms with van der Waals surface area (Å²) in [5, 5.41) is 11.2. The minimum Gasteiger partial charge on any atom is -0.376 e. The van der Waals surface area contributed by atoms with E-state index in [2.05, 4.69) is 15.5 Å². The van der Waals surface area contributed by atoms with Gasteiger partial charge in [-0.05, 0) is 42.8 Å². The van der Waals surface area contributed by atoms with Crippen LogP contribution in [0.3, 0.4) is 0 Å². The highest BCUT2D eigenvalue weighted by molar-refractivity contribution is 6.33. The highest BCUT2D eigenvalue weighted by Gasteiger charge is 2.16. The predicted molar refractivity (Wildman–Crippen MR) is 110 cm³/mol. The van der Waals surface area contributed by atoms with Crippen molar-refractivity contribution in [2.45, 2.75) is 13.0 Å². The number of anilines is 1. The average molecular weight is 428 g/mol. The van der Waals surface area contributed by atoms with Crippen LogP contribution in [0, 0.1) is 11.6 Å². The molecule has 30 heavy (non-hydrogen) atoms. The number of hydrogen-bond donors (Lipinski definition) is 1. The molecular formula is C21H16ClF2N5O. The van der Waals surface area contributed by atoms with E-state index in [4.69, 9.17) is 11.6 Å². The number of halogens is 3. The monoisotopic (exact) mass is 427 g/mol. The van der Waals surface area contributed by atoms with E-state index < -0.39 is 17.2 Å². The van der Waals surface area contributed by atoms with E-state index in [1.54, 1.807) is 10.9 Å². The molecule has 0 aliphatic rings. The zero-order chi connectivity index (χ0) is 21.3. The van der Waals surface area contributed by atoms with Crippen molar-refractivity contribution in [1.82, 2.24) is 19.6 Å². The van der Waals surface area contributed by atoms with Crippen molar-refractivity contribution in [3.63, 3.8) is 0 Å². The van der Waals surface area contributed by atoms with Gasteiger partial charge in [0, 0.05) is 24.5 Å². The molecule has 6 nitrogen and oxygen atoms in total. The van der Waals surface area contributed by atoms with Crippen molar-refractivity contribution in [3.05, 3.63) is 99.7 Å². The maximum absolute atomic E-state index is 14.0. The molecule has 4 aromatic rings. The Labute approximate surface area is 175 Å². The molecule has 1 atom stereocenters. The Bertz CT molecular complexity index is 1240. The van der Waals surface area contributed by atoms with Crippen LogP contribution in [0.5, 0.6) is 0 Å². The summed E-state index contributed by atoms with van der Waals surface area (Å²) in [6.45, 7) is 1.91. The normalized spacial score (nSPS) is 12.0. The van der Waals surface area contributed by atoms with E-state index in [9.17, 15) is 13.6 Å². The number of nitrogens with zero attached hydrogens (tertiary/aromatic N) is 4. The molecule has 1 N–H and O–H groups in total. The van der Waals surface area contributed by atoms with Crippen LogP contribution in [-0.2, 0) is 0 Å². The van der Waals surface area contributed by atoms with Crippen molar-refractivity contribution in [2.75, 3.05) is 5.32 Å². The van der Waals surface area contributed by atoms with Gasteiger partial charge in [0.2, 0.25) is 0 Å². The van der Waals surface area contributed by atoms with Gasteiger partial charge in [0.05, 0.1) is 17.6 Å². The molecule has 2 aromatic carbocycles. The van der Waals surface area contributed by atoms with Gasteiger partial charge in [-0.25, -0.2) is 13.5 Å². The third kappa shape index (κ3) is 3.81. The van der Waals surface area contributed by atoms with Crippen LogP contribution in [0.1, 0.15) is 18.5 Å². The summed E-state index contributed by atoms with van der Waals surface area (Å²) in [4.78, 5) is 12.6. The SMILES string of the molecule is CC(Nc1cnn(-c2ccc(F)cc2F)c(=O)c1Cl)c1ccc(-n2cccn2)cc1. The maximum Gasteiger partial charge on any atom is 0.292 e. The first-order chi connectivity index (χ1) is 14.4. The Morgan fingerprint density at radius 1 is 1.10 bits per heavy atom. The third-order valence-electron chi connectivity index (χ3n) is 4.59. The summed E-state index contributed by atoms with van der Waals surface area (Å²) in [7, 11) is 0. The highest BCUT2D eigenvalue weighted by Crippen LogP contribution is 2.24. The first-order valence-electron chi connectivity index (χ1n) is 9.04. The van der Waals surface area contributed by atoms with Crippen LogP contribution >= 0.6 is 11.6 Å². The zero-order valence-electron chi connectivity index (χ0n) is 15.8. The molecule has 0 spiro atoms. The van der Waals surface area contributed by atoms with Crippen LogP contribution < -0.4 is 10.9 Å². The fraction of sp³-hybridized carbons (Fsp3) is 0.0952. The quantitative estimate of drug-likeness (QED) is 0.508. The molecule has 0 saturated heterocycles. The molecule has 0 amide bonds. The van der Waals surface area contributed by atoms with Crippen LogP contribution in [-0.4, -0.2) is 19.6 Å². The maximum atomic E-state index is 14.0. The van der Waals surface area contributed by atoms with E-state index in [0.29, 0.717) is 11.8 Å². The summed E-state index contributed by atoms with van der Waals surface area (Å²) in [5.41, 5.74) is 1.28. The molecule has 2 aromatic heterocycles. The Hall–Kier alpha value is -3.52. The zero-order valence-corrected chi connectivity index (χ0v) is 16.5. The van der Waals surface area contributed by atoms with Crippen LogP contribution in [0.15, 0.2) is 71.9 Å². The summed E-state index contributed by atoms with van der Waals surface area (Å²) in [6.07, 6.45) is 4.88. The second kappa shape index (κ2) is 8.08. The summed E-state index contributed by atoms with van der Waals surface area (Å²) >= 11 is 6.21. The van der Waals surface area contributed by atoms with Gasteiger partial charge in [0.15, 0.2) is 5.82 Å². The Kier molecular flexibility index (Phi) is 5.33. The van der Waals surface area contributed by atoms with Gasteiger partial charge >= 0.3 is 0 Å². The second-order valence-corrected chi connectivity index (χ2v) is 6.97. The van der Waals surface area contributed by atoms with Crippen LogP contribution in [0.4, 0.5) is 14.5 Å². The third-order valence-corrected chi connectivity index (χ3v) is 4.96. The van der Waals surface area contributed by atoms with Gasteiger partial charge in [-0.15, -0.1) is 0 Å². The molecule has 0 fully saturated rings. The Balaban J connectivity index is 1.57. The first kappa shape index (κ1) is 19.8. The van der Waals surface area contributed by atoms with Crippen molar-refractivity contribution < 1.29 is 8.78 Å². The van der Waals surface area contributed by atoms with Gasteiger partial charge in [-0.3, -0.25) is 4.79 Å². The highest BCUT2D eigenvalue weighted by atomic mass is 35.5. The molecule has 0 aliphatic heterocycles. The standard InChI is InChI=1S/C21H16ClF2N5O/c1-13(14-3-6-16(7-4-14)28-10-2-9-25-28)27-18-12-26-29(21(30)20(18)22)19-8-5-15(23)11-17(19)24/h2-13,27H,1H3. The molecule has 0 saturated carbocycles. The van der Waals surface area contributed by atoms with Gasteiger partial charge in [-0.1, -0.05) is 23.7 Å². The minimum atomic E-state index is -0.910. The molecule has 1 unspecified atom stereocenters. The van der Waals surface area contributed by atoms with Gasteiger partial charge in [0.1, 0.15) is 16.5 Å². The van der Waals surface area contributed by atoms with Crippen molar-refractivity contribution >= 4 is 17.3 Å². The van der Waals surface area contributed by atoms with Crippen molar-refractivity contribution in [1.29, 1.82) is 0 Å². The summed E-state index contributed by atoms with van der Waals surface area (Å²) in [5.74, 6) is -1.66. The lowest BCUT2D eigenvalue weighted by atomic mass is 10.1. The molecule has 0 aliphatic carbocycles.